The lowest BCUT2D eigenvalue weighted by Gasteiger charge is -2.20. The smallest absolute Gasteiger partial charge is 0.404 e. The summed E-state index contributed by atoms with van der Waals surface area (Å²) in [7, 11) is -2.71. The van der Waals surface area contributed by atoms with Crippen molar-refractivity contribution >= 4 is 27.8 Å². The van der Waals surface area contributed by atoms with Gasteiger partial charge in [-0.15, -0.1) is 0 Å². The van der Waals surface area contributed by atoms with E-state index in [4.69, 9.17) is 24.9 Å². The Morgan fingerprint density at radius 1 is 1.37 bits per heavy atom. The number of hydrogen-bond donors (Lipinski definition) is 1. The van der Waals surface area contributed by atoms with Crippen molar-refractivity contribution in [1.82, 2.24) is 4.57 Å². The van der Waals surface area contributed by atoms with Gasteiger partial charge in [0, 0.05) is 21.7 Å². The zero-order chi connectivity index (χ0) is 22.4. The van der Waals surface area contributed by atoms with Crippen LogP contribution in [-0.2, 0) is 36.9 Å². The van der Waals surface area contributed by atoms with E-state index in [0.29, 0.717) is 0 Å². The van der Waals surface area contributed by atoms with Crippen LogP contribution in [0.4, 0.5) is 4.79 Å². The molecule has 1 aliphatic heterocycles. The zero-order valence-electron chi connectivity index (χ0n) is 16.1. The fourth-order valence-electron chi connectivity index (χ4n) is 3.75. The van der Waals surface area contributed by atoms with Crippen molar-refractivity contribution in [2.24, 2.45) is 10.8 Å². The van der Waals surface area contributed by atoms with Gasteiger partial charge < -0.3 is 19.8 Å². The van der Waals surface area contributed by atoms with E-state index >= 15 is 0 Å². The van der Waals surface area contributed by atoms with Crippen LogP contribution in [0.15, 0.2) is 16.4 Å². The molecule has 160 valence electrons. The third kappa shape index (κ3) is 3.40. The van der Waals surface area contributed by atoms with E-state index in [-0.39, 0.29) is 40.4 Å². The molecule has 13 nitrogen and oxygen atoms in total. The van der Waals surface area contributed by atoms with Crippen molar-refractivity contribution in [1.29, 1.82) is 0 Å². The highest BCUT2D eigenvalue weighted by atomic mass is 32.2. The highest BCUT2D eigenvalue weighted by Crippen LogP contribution is 2.43. The van der Waals surface area contributed by atoms with Gasteiger partial charge >= 0.3 is 6.09 Å². The number of azide groups is 1. The van der Waals surface area contributed by atoms with Gasteiger partial charge in [-0.25, -0.2) is 4.79 Å². The molecule has 2 atom stereocenters. The molecule has 0 saturated carbocycles. The van der Waals surface area contributed by atoms with Crippen molar-refractivity contribution in [3.63, 3.8) is 0 Å². The second-order valence-corrected chi connectivity index (χ2v) is 8.21. The number of primary amides is 1. The maximum absolute atomic E-state index is 13.0. The Labute approximate surface area is 170 Å². The normalized spacial score (nSPS) is 20.5. The number of fused-ring (bicyclic) bond motifs is 3. The van der Waals surface area contributed by atoms with Gasteiger partial charge in [0.2, 0.25) is 11.6 Å². The van der Waals surface area contributed by atoms with E-state index < -0.39 is 46.5 Å². The van der Waals surface area contributed by atoms with Gasteiger partial charge in [-0.3, -0.25) is 13.8 Å². The Hall–Kier alpha value is -3.35. The number of nitrogens with zero attached hydrogens (tertiary/aromatic N) is 4. The summed E-state index contributed by atoms with van der Waals surface area (Å²) in [5.74, 6) is -1.36. The second-order valence-electron chi connectivity index (χ2n) is 6.61. The maximum Gasteiger partial charge on any atom is 0.404 e. The van der Waals surface area contributed by atoms with Crippen LogP contribution < -0.4 is 5.73 Å². The Kier molecular flexibility index (Phi) is 5.33. The van der Waals surface area contributed by atoms with Gasteiger partial charge in [0.05, 0.1) is 25.5 Å². The fourth-order valence-corrected chi connectivity index (χ4v) is 4.36. The van der Waals surface area contributed by atoms with Crippen molar-refractivity contribution in [3.05, 3.63) is 44.3 Å². The van der Waals surface area contributed by atoms with E-state index in [1.165, 1.54) is 18.6 Å². The number of ether oxygens (including phenoxy) is 2. The highest BCUT2D eigenvalue weighted by Gasteiger charge is 2.46. The van der Waals surface area contributed by atoms with E-state index in [1.54, 1.807) is 0 Å². The number of hydrogen-bond acceptors (Lipinski definition) is 9. The summed E-state index contributed by atoms with van der Waals surface area (Å²) < 4.78 is 39.6. The van der Waals surface area contributed by atoms with Crippen molar-refractivity contribution in [2.75, 3.05) is 13.4 Å². The summed E-state index contributed by atoms with van der Waals surface area (Å²) in [6.45, 7) is 0.698. The first-order valence-electron chi connectivity index (χ1n) is 8.46. The number of rotatable bonds is 6. The van der Waals surface area contributed by atoms with Crippen molar-refractivity contribution < 1.29 is 36.5 Å². The quantitative estimate of drug-likeness (QED) is 0.294. The van der Waals surface area contributed by atoms with Crippen LogP contribution in [0.3, 0.4) is 0 Å². The van der Waals surface area contributed by atoms with Crippen LogP contribution >= 0.6 is 0 Å². The molecule has 0 spiro atoms. The van der Waals surface area contributed by atoms with Crippen LogP contribution in [0.25, 0.3) is 10.4 Å². The molecule has 14 heteroatoms. The second kappa shape index (κ2) is 7.48. The molecule has 0 radical (unpaired) electrons. The molecule has 30 heavy (non-hydrogen) atoms. The molecule has 1 aliphatic carbocycles. The van der Waals surface area contributed by atoms with Crippen LogP contribution in [0, 0.1) is 0 Å². The summed E-state index contributed by atoms with van der Waals surface area (Å²) in [5, 5.41) is 3.60. The van der Waals surface area contributed by atoms with Gasteiger partial charge in [-0.1, -0.05) is 5.11 Å². The molecule has 2 heterocycles. The predicted octanol–water partition coefficient (Wildman–Crippen LogP) is 1.09. The first kappa shape index (κ1) is 21.4. The molecular weight excluding hydrogens is 422 g/mol. The largest absolute Gasteiger partial charge is 0.492 e. The molecule has 1 amide bonds. The molecule has 2 aliphatic rings. The summed E-state index contributed by atoms with van der Waals surface area (Å²) in [4.78, 5) is 39.9. The lowest BCUT2D eigenvalue weighted by Crippen LogP contribution is -2.27. The third-order valence-corrected chi connectivity index (χ3v) is 5.37. The number of carbonyl (C=O) groups excluding carboxylic acids is 3. The standard InChI is InChI=1S/C16H17N5O8S/c1-6-13(22)12-9(14(23)15(6)27-2)7(5-28-16(17)24)11-10(19-20-18)8(4-21(11)12)29-30(3,25)26/h8,10H,4-5H2,1-3H3,(H2,17,24)/t8-,10+/m1/s1. The van der Waals surface area contributed by atoms with Gasteiger partial charge in [0.15, 0.2) is 5.76 Å². The number of Topliss-reactive ketones (excluding diaryl/α,β-unsaturated/α-hetero) is 2. The molecule has 0 bridgehead atoms. The molecular formula is C16H17N5O8S. The summed E-state index contributed by atoms with van der Waals surface area (Å²) in [5.41, 5.74) is 14.1. The maximum atomic E-state index is 13.0. The molecule has 0 saturated heterocycles. The fraction of sp³-hybridized carbons (Fsp3) is 0.438. The number of ketones is 2. The van der Waals surface area contributed by atoms with Gasteiger partial charge in [-0.05, 0) is 12.5 Å². The van der Waals surface area contributed by atoms with E-state index in [2.05, 4.69) is 10.0 Å². The minimum Gasteiger partial charge on any atom is -0.492 e. The van der Waals surface area contributed by atoms with Crippen molar-refractivity contribution in [2.45, 2.75) is 32.2 Å². The first-order chi connectivity index (χ1) is 14.0. The first-order valence-corrected chi connectivity index (χ1v) is 10.3. The van der Waals surface area contributed by atoms with Crippen LogP contribution in [0.2, 0.25) is 0 Å². The monoisotopic (exact) mass is 439 g/mol. The molecule has 0 fully saturated rings. The Balaban J connectivity index is 2.27. The number of nitrogens with two attached hydrogens (primary N) is 1. The Morgan fingerprint density at radius 2 is 2.03 bits per heavy atom. The van der Waals surface area contributed by atoms with E-state index in [0.717, 1.165) is 6.26 Å². The van der Waals surface area contributed by atoms with Gasteiger partial charge in [0.25, 0.3) is 10.1 Å². The average molecular weight is 439 g/mol. The lowest BCUT2D eigenvalue weighted by atomic mass is 9.90. The third-order valence-electron chi connectivity index (χ3n) is 4.77. The molecule has 1 aromatic heterocycles. The number of amides is 1. The van der Waals surface area contributed by atoms with Gasteiger partial charge in [-0.2, -0.15) is 8.42 Å². The van der Waals surface area contributed by atoms with Crippen LogP contribution in [0.5, 0.6) is 0 Å². The van der Waals surface area contributed by atoms with Crippen LogP contribution in [-0.4, -0.2) is 50.1 Å². The molecule has 3 rings (SSSR count). The number of allylic oxidation sites excluding steroid dienone is 2. The number of methoxy groups -OCH3 is 1. The number of carbonyl (C=O) groups is 3. The van der Waals surface area contributed by atoms with Crippen molar-refractivity contribution in [3.8, 4) is 0 Å². The summed E-state index contributed by atoms with van der Waals surface area (Å²) in [6.07, 6.45) is -1.48. The van der Waals surface area contributed by atoms with Gasteiger partial charge in [0.1, 0.15) is 24.4 Å². The topological polar surface area (TPSA) is 193 Å². The Morgan fingerprint density at radius 3 is 2.57 bits per heavy atom. The lowest BCUT2D eigenvalue weighted by molar-refractivity contribution is 0.0897. The van der Waals surface area contributed by atoms with Crippen LogP contribution in [0.1, 0.15) is 45.1 Å². The minimum atomic E-state index is -3.95. The predicted molar refractivity (Wildman–Crippen MR) is 98.8 cm³/mol. The molecule has 2 N–H and O–H groups in total. The highest BCUT2D eigenvalue weighted by molar-refractivity contribution is 7.86. The van der Waals surface area contributed by atoms with E-state index in [9.17, 15) is 22.8 Å². The summed E-state index contributed by atoms with van der Waals surface area (Å²) >= 11 is 0. The SMILES string of the molecule is COC1=C(C)C(=O)c2c(c(COC(N)=O)c3n2C[C@@H](OS(C)(=O)=O)[C@@H]3N=[N+]=[N-])C1=O. The molecule has 0 aromatic carbocycles. The average Bonchev–Trinajstić information content (AvgIpc) is 3.12. The summed E-state index contributed by atoms with van der Waals surface area (Å²) in [6, 6.07) is -1.21. The Bertz CT molecular complexity index is 1160. The number of aromatic nitrogens is 1. The zero-order valence-corrected chi connectivity index (χ0v) is 16.9. The van der Waals surface area contributed by atoms with E-state index in [1.807, 2.05) is 0 Å². The molecule has 0 unspecified atom stereocenters. The molecule has 1 aromatic rings. The minimum absolute atomic E-state index is 0.0467.